The molecule has 8 aromatic rings. The molecule has 0 aromatic heterocycles. The lowest BCUT2D eigenvalue weighted by Gasteiger charge is -2.39. The molecule has 57 heavy (non-hydrogen) atoms. The molecule has 8 aromatic carbocycles. The summed E-state index contributed by atoms with van der Waals surface area (Å²) in [6.07, 6.45) is -0.270. The van der Waals surface area contributed by atoms with E-state index < -0.39 is 5.41 Å². The Morgan fingerprint density at radius 1 is 0.439 bits per heavy atom. The molecule has 0 fully saturated rings. The van der Waals surface area contributed by atoms with Gasteiger partial charge in [0.1, 0.15) is 23.5 Å². The van der Waals surface area contributed by atoms with Crippen molar-refractivity contribution in [2.75, 3.05) is 7.05 Å². The zero-order valence-electron chi connectivity index (χ0n) is 31.4. The predicted octanol–water partition coefficient (Wildman–Crippen LogP) is 12.3. The van der Waals surface area contributed by atoms with E-state index in [4.69, 9.17) is 14.7 Å². The standard InChI is InChI=1S/C53H37N3O/c1-56-51(36-19-6-3-7-20-36)54-50(39-22-16-21-37(33-39)35-17-4-2-5-18-35)55-52(56)43-26-9-8-23-40(43)38-31-32-47-49(34-38)57-48-30-15-14-29-46(48)53(47)44-27-12-10-24-41(44)42-25-11-13-28-45(42)53/h2-34,51H,1H3. The summed E-state index contributed by atoms with van der Waals surface area (Å²) in [7, 11) is 2.10. The highest BCUT2D eigenvalue weighted by Gasteiger charge is 2.51. The van der Waals surface area contributed by atoms with Crippen LogP contribution in [0.2, 0.25) is 0 Å². The molecular formula is C53H37N3O. The fourth-order valence-electron chi connectivity index (χ4n) is 9.27. The van der Waals surface area contributed by atoms with Crippen molar-refractivity contribution in [2.45, 2.75) is 11.6 Å². The summed E-state index contributed by atoms with van der Waals surface area (Å²) in [6, 6.07) is 71.1. The van der Waals surface area contributed by atoms with Crippen molar-refractivity contribution in [2.24, 2.45) is 9.98 Å². The molecule has 270 valence electrons. The number of nitrogens with zero attached hydrogens (tertiary/aromatic N) is 3. The minimum atomic E-state index is -0.508. The fraction of sp³-hybridized carbons (Fsp3) is 0.0566. The van der Waals surface area contributed by atoms with Crippen LogP contribution in [0.1, 0.15) is 45.1 Å². The number of benzene rings is 8. The summed E-state index contributed by atoms with van der Waals surface area (Å²) in [5.41, 5.74) is 14.4. The van der Waals surface area contributed by atoms with Crippen molar-refractivity contribution in [1.29, 1.82) is 0 Å². The van der Waals surface area contributed by atoms with E-state index in [1.807, 2.05) is 12.1 Å². The summed E-state index contributed by atoms with van der Waals surface area (Å²) < 4.78 is 6.90. The molecule has 1 unspecified atom stereocenters. The Kier molecular flexibility index (Phi) is 7.65. The van der Waals surface area contributed by atoms with Gasteiger partial charge in [0.05, 0.1) is 5.41 Å². The lowest BCUT2D eigenvalue weighted by atomic mass is 9.66. The molecule has 0 amide bonds. The first-order valence-corrected chi connectivity index (χ1v) is 19.5. The van der Waals surface area contributed by atoms with Gasteiger partial charge in [-0.25, -0.2) is 9.98 Å². The molecule has 2 aliphatic heterocycles. The Bertz CT molecular complexity index is 2870. The minimum Gasteiger partial charge on any atom is -0.457 e. The van der Waals surface area contributed by atoms with Crippen molar-refractivity contribution < 1.29 is 4.74 Å². The van der Waals surface area contributed by atoms with Crippen LogP contribution in [0, 0.1) is 0 Å². The van der Waals surface area contributed by atoms with Crippen molar-refractivity contribution in [1.82, 2.24) is 4.90 Å². The first-order chi connectivity index (χ1) is 28.2. The molecule has 0 saturated heterocycles. The molecule has 1 spiro atoms. The first kappa shape index (κ1) is 33.1. The molecule has 11 rings (SSSR count). The Hall–Kier alpha value is -7.30. The largest absolute Gasteiger partial charge is 0.457 e. The number of fused-ring (bicyclic) bond motifs is 9. The second-order valence-electron chi connectivity index (χ2n) is 14.9. The maximum absolute atomic E-state index is 6.90. The van der Waals surface area contributed by atoms with Gasteiger partial charge in [0, 0.05) is 29.3 Å². The van der Waals surface area contributed by atoms with Crippen LogP contribution in [0.4, 0.5) is 0 Å². The number of hydrogen-bond donors (Lipinski definition) is 0. The van der Waals surface area contributed by atoms with Gasteiger partial charge in [0.2, 0.25) is 0 Å². The summed E-state index contributed by atoms with van der Waals surface area (Å²) >= 11 is 0. The van der Waals surface area contributed by atoms with Crippen LogP contribution >= 0.6 is 0 Å². The van der Waals surface area contributed by atoms with Gasteiger partial charge in [-0.05, 0) is 68.3 Å². The molecule has 3 aliphatic rings. The van der Waals surface area contributed by atoms with Crippen LogP contribution < -0.4 is 4.74 Å². The molecule has 1 atom stereocenters. The zero-order valence-corrected chi connectivity index (χ0v) is 31.4. The van der Waals surface area contributed by atoms with Crippen molar-refractivity contribution >= 4 is 11.7 Å². The summed E-state index contributed by atoms with van der Waals surface area (Å²) in [5, 5.41) is 0. The van der Waals surface area contributed by atoms with Crippen LogP contribution in [0.15, 0.2) is 210 Å². The Morgan fingerprint density at radius 3 is 1.74 bits per heavy atom. The van der Waals surface area contributed by atoms with Gasteiger partial charge in [-0.15, -0.1) is 0 Å². The van der Waals surface area contributed by atoms with E-state index in [1.165, 1.54) is 22.3 Å². The number of amidine groups is 2. The van der Waals surface area contributed by atoms with Gasteiger partial charge in [-0.3, -0.25) is 0 Å². The minimum absolute atomic E-state index is 0.270. The van der Waals surface area contributed by atoms with E-state index >= 15 is 0 Å². The molecule has 0 N–H and O–H groups in total. The summed E-state index contributed by atoms with van der Waals surface area (Å²) in [4.78, 5) is 12.9. The zero-order chi connectivity index (χ0) is 37.9. The van der Waals surface area contributed by atoms with E-state index in [1.54, 1.807) is 0 Å². The second-order valence-corrected chi connectivity index (χ2v) is 14.9. The van der Waals surface area contributed by atoms with E-state index in [0.29, 0.717) is 5.84 Å². The van der Waals surface area contributed by atoms with E-state index in [-0.39, 0.29) is 6.17 Å². The normalized spacial score (nSPS) is 15.7. The Balaban J connectivity index is 1.07. The van der Waals surface area contributed by atoms with E-state index in [9.17, 15) is 0 Å². The fourth-order valence-corrected chi connectivity index (χ4v) is 9.27. The molecule has 1 aliphatic carbocycles. The Morgan fingerprint density at radius 2 is 1.00 bits per heavy atom. The molecule has 4 nitrogen and oxygen atoms in total. The van der Waals surface area contributed by atoms with Crippen molar-refractivity contribution in [3.63, 3.8) is 0 Å². The average Bonchev–Trinajstić information content (AvgIpc) is 3.57. The van der Waals surface area contributed by atoms with Crippen molar-refractivity contribution in [3.8, 4) is 44.9 Å². The third-order valence-corrected chi connectivity index (χ3v) is 11.8. The van der Waals surface area contributed by atoms with Crippen LogP contribution in [-0.2, 0) is 5.41 Å². The number of hydrogen-bond acceptors (Lipinski definition) is 4. The van der Waals surface area contributed by atoms with E-state index in [2.05, 4.69) is 200 Å². The van der Waals surface area contributed by atoms with Gasteiger partial charge in [0.15, 0.2) is 5.84 Å². The van der Waals surface area contributed by atoms with Crippen LogP contribution in [-0.4, -0.2) is 23.6 Å². The quantitative estimate of drug-likeness (QED) is 0.177. The number of rotatable bonds is 5. The molecule has 2 heterocycles. The average molecular weight is 732 g/mol. The maximum Gasteiger partial charge on any atom is 0.159 e. The van der Waals surface area contributed by atoms with Gasteiger partial charge < -0.3 is 9.64 Å². The molecule has 0 bridgehead atoms. The van der Waals surface area contributed by atoms with Crippen LogP contribution in [0.25, 0.3) is 33.4 Å². The van der Waals surface area contributed by atoms with Crippen molar-refractivity contribution in [3.05, 3.63) is 239 Å². The molecule has 0 saturated carbocycles. The third-order valence-electron chi connectivity index (χ3n) is 11.8. The lowest BCUT2D eigenvalue weighted by molar-refractivity contribution is 0.383. The van der Waals surface area contributed by atoms with Gasteiger partial charge in [-0.2, -0.15) is 0 Å². The molecule has 4 heteroatoms. The third kappa shape index (κ3) is 5.14. The highest BCUT2D eigenvalue weighted by molar-refractivity contribution is 6.15. The maximum atomic E-state index is 6.90. The smallest absolute Gasteiger partial charge is 0.159 e. The van der Waals surface area contributed by atoms with Crippen LogP contribution in [0.5, 0.6) is 11.5 Å². The van der Waals surface area contributed by atoms with Gasteiger partial charge >= 0.3 is 0 Å². The van der Waals surface area contributed by atoms with Crippen LogP contribution in [0.3, 0.4) is 0 Å². The molecule has 0 radical (unpaired) electrons. The highest BCUT2D eigenvalue weighted by Crippen LogP contribution is 2.62. The molecular weight excluding hydrogens is 695 g/mol. The number of para-hydroxylation sites is 1. The highest BCUT2D eigenvalue weighted by atomic mass is 16.5. The number of ether oxygens (including phenoxy) is 1. The van der Waals surface area contributed by atoms with E-state index in [0.717, 1.165) is 67.4 Å². The number of aliphatic imine (C=N–C) groups is 2. The monoisotopic (exact) mass is 731 g/mol. The SMILES string of the molecule is CN1C(c2ccccc2-c2ccc3c(c2)Oc2ccccc2C32c3ccccc3-c3ccccc32)=NC(c2cccc(-c3ccccc3)c2)=NC1c1ccccc1. The van der Waals surface area contributed by atoms with Gasteiger partial charge in [-0.1, -0.05) is 182 Å². The summed E-state index contributed by atoms with van der Waals surface area (Å²) in [6.45, 7) is 0. The summed E-state index contributed by atoms with van der Waals surface area (Å²) in [5.74, 6) is 3.29. The lowest BCUT2D eigenvalue weighted by Crippen LogP contribution is -2.36. The van der Waals surface area contributed by atoms with Gasteiger partial charge in [0.25, 0.3) is 0 Å². The Labute approximate surface area is 332 Å². The topological polar surface area (TPSA) is 37.2 Å². The second kappa shape index (κ2) is 13.2. The first-order valence-electron chi connectivity index (χ1n) is 19.5. The predicted molar refractivity (Wildman–Crippen MR) is 231 cm³/mol.